The third kappa shape index (κ3) is 4.11. The molecule has 1 aromatic carbocycles. The van der Waals surface area contributed by atoms with E-state index in [1.165, 1.54) is 0 Å². The summed E-state index contributed by atoms with van der Waals surface area (Å²) in [5.74, 6) is 0. The lowest BCUT2D eigenvalue weighted by Crippen LogP contribution is -2.29. The quantitative estimate of drug-likeness (QED) is 0.793. The molecular formula is C12H16N2O. The molecule has 0 unspecified atom stereocenters. The van der Waals surface area contributed by atoms with E-state index in [0.717, 1.165) is 12.1 Å². The van der Waals surface area contributed by atoms with Crippen molar-refractivity contribution in [2.75, 3.05) is 13.7 Å². The van der Waals surface area contributed by atoms with E-state index in [4.69, 9.17) is 10.00 Å². The fourth-order valence-electron chi connectivity index (χ4n) is 1.35. The maximum absolute atomic E-state index is 8.73. The van der Waals surface area contributed by atoms with Gasteiger partial charge in [0.1, 0.15) is 0 Å². The number of nitrogens with zero attached hydrogens (tertiary/aromatic N) is 1. The van der Waals surface area contributed by atoms with Crippen LogP contribution < -0.4 is 5.32 Å². The van der Waals surface area contributed by atoms with Gasteiger partial charge in [0.15, 0.2) is 0 Å². The van der Waals surface area contributed by atoms with Gasteiger partial charge in [-0.05, 0) is 24.6 Å². The van der Waals surface area contributed by atoms with Gasteiger partial charge in [0, 0.05) is 19.7 Å². The zero-order chi connectivity index (χ0) is 11.1. The van der Waals surface area contributed by atoms with Crippen LogP contribution in [0.2, 0.25) is 0 Å². The topological polar surface area (TPSA) is 45.0 Å². The molecule has 1 atom stereocenters. The molecule has 0 aromatic heterocycles. The van der Waals surface area contributed by atoms with Gasteiger partial charge in [-0.15, -0.1) is 0 Å². The number of hydrogen-bond acceptors (Lipinski definition) is 3. The molecule has 0 heterocycles. The molecule has 0 saturated carbocycles. The number of nitrogens with one attached hydrogen (secondary N) is 1. The predicted molar refractivity (Wildman–Crippen MR) is 59.3 cm³/mol. The molecular weight excluding hydrogens is 188 g/mol. The van der Waals surface area contributed by atoms with E-state index >= 15 is 0 Å². The van der Waals surface area contributed by atoms with Crippen LogP contribution in [0.25, 0.3) is 0 Å². The van der Waals surface area contributed by atoms with Crippen molar-refractivity contribution in [3.05, 3.63) is 35.4 Å². The van der Waals surface area contributed by atoms with Gasteiger partial charge in [0.2, 0.25) is 0 Å². The van der Waals surface area contributed by atoms with Crippen molar-refractivity contribution in [2.24, 2.45) is 0 Å². The second kappa shape index (κ2) is 6.18. The van der Waals surface area contributed by atoms with Gasteiger partial charge in [-0.3, -0.25) is 0 Å². The largest absolute Gasteiger partial charge is 0.383 e. The molecule has 1 aromatic rings. The summed E-state index contributed by atoms with van der Waals surface area (Å²) in [5.41, 5.74) is 1.82. The van der Waals surface area contributed by atoms with Crippen LogP contribution in [0.15, 0.2) is 24.3 Å². The van der Waals surface area contributed by atoms with Gasteiger partial charge < -0.3 is 10.1 Å². The van der Waals surface area contributed by atoms with Crippen molar-refractivity contribution in [3.63, 3.8) is 0 Å². The highest BCUT2D eigenvalue weighted by atomic mass is 16.5. The molecule has 0 aliphatic carbocycles. The highest BCUT2D eigenvalue weighted by Gasteiger charge is 2.00. The minimum absolute atomic E-state index is 0.320. The van der Waals surface area contributed by atoms with Crippen molar-refractivity contribution < 1.29 is 4.74 Å². The first-order valence-electron chi connectivity index (χ1n) is 4.97. The van der Waals surface area contributed by atoms with Crippen LogP contribution in [-0.2, 0) is 11.3 Å². The summed E-state index contributed by atoms with van der Waals surface area (Å²) < 4.78 is 5.02. The Balaban J connectivity index is 2.47. The van der Waals surface area contributed by atoms with Crippen LogP contribution in [0.3, 0.4) is 0 Å². The zero-order valence-electron chi connectivity index (χ0n) is 9.16. The van der Waals surface area contributed by atoms with Crippen molar-refractivity contribution in [1.82, 2.24) is 5.32 Å². The molecule has 3 heteroatoms. The predicted octanol–water partition coefficient (Wildman–Crippen LogP) is 1.68. The van der Waals surface area contributed by atoms with Crippen LogP contribution in [0.1, 0.15) is 18.1 Å². The Bertz CT molecular complexity index is 344. The molecule has 1 rings (SSSR count). The Labute approximate surface area is 90.7 Å². The van der Waals surface area contributed by atoms with E-state index in [9.17, 15) is 0 Å². The lowest BCUT2D eigenvalue weighted by Gasteiger charge is -2.12. The van der Waals surface area contributed by atoms with Gasteiger partial charge in [0.05, 0.1) is 18.2 Å². The fraction of sp³-hybridized carbons (Fsp3) is 0.417. The van der Waals surface area contributed by atoms with E-state index < -0.39 is 0 Å². The van der Waals surface area contributed by atoms with Gasteiger partial charge in [-0.1, -0.05) is 12.1 Å². The molecule has 3 nitrogen and oxygen atoms in total. The summed E-state index contributed by atoms with van der Waals surface area (Å²) in [4.78, 5) is 0. The number of hydrogen-bond donors (Lipinski definition) is 1. The van der Waals surface area contributed by atoms with Crippen LogP contribution in [-0.4, -0.2) is 19.8 Å². The highest BCUT2D eigenvalue weighted by molar-refractivity contribution is 5.32. The van der Waals surface area contributed by atoms with E-state index in [1.54, 1.807) is 7.11 Å². The number of methoxy groups -OCH3 is 1. The Morgan fingerprint density at radius 3 is 3.00 bits per heavy atom. The van der Waals surface area contributed by atoms with Crippen molar-refractivity contribution in [2.45, 2.75) is 19.5 Å². The van der Waals surface area contributed by atoms with Crippen molar-refractivity contribution >= 4 is 0 Å². The molecule has 0 aliphatic heterocycles. The van der Waals surface area contributed by atoms with E-state index in [2.05, 4.69) is 18.3 Å². The molecule has 0 amide bonds. The second-order valence-electron chi connectivity index (χ2n) is 3.55. The first kappa shape index (κ1) is 11.7. The molecule has 15 heavy (non-hydrogen) atoms. The highest BCUT2D eigenvalue weighted by Crippen LogP contribution is 2.03. The maximum Gasteiger partial charge on any atom is 0.0991 e. The summed E-state index contributed by atoms with van der Waals surface area (Å²) in [6, 6.07) is 10.1. The lowest BCUT2D eigenvalue weighted by molar-refractivity contribution is 0.171. The second-order valence-corrected chi connectivity index (χ2v) is 3.55. The molecule has 0 spiro atoms. The van der Waals surface area contributed by atoms with Gasteiger partial charge in [-0.2, -0.15) is 5.26 Å². The van der Waals surface area contributed by atoms with Crippen LogP contribution in [0, 0.1) is 11.3 Å². The molecule has 80 valence electrons. The smallest absolute Gasteiger partial charge is 0.0991 e. The molecule has 0 radical (unpaired) electrons. The number of rotatable bonds is 5. The normalized spacial score (nSPS) is 12.1. The zero-order valence-corrected chi connectivity index (χ0v) is 9.16. The Kier molecular flexibility index (Phi) is 4.82. The van der Waals surface area contributed by atoms with E-state index in [-0.39, 0.29) is 0 Å². The maximum atomic E-state index is 8.73. The summed E-state index contributed by atoms with van der Waals surface area (Å²) in [7, 11) is 1.69. The number of nitriles is 1. The lowest BCUT2D eigenvalue weighted by atomic mass is 10.1. The minimum atomic E-state index is 0.320. The average Bonchev–Trinajstić information content (AvgIpc) is 2.27. The van der Waals surface area contributed by atoms with E-state index in [1.807, 2.05) is 24.3 Å². The minimum Gasteiger partial charge on any atom is -0.383 e. The first-order valence-corrected chi connectivity index (χ1v) is 4.97. The standard InChI is InChI=1S/C12H16N2O/c1-10(9-15-2)14-8-12-5-3-4-11(6-12)7-13/h3-6,10,14H,8-9H2,1-2H3/t10-/m1/s1. The third-order valence-corrected chi connectivity index (χ3v) is 2.13. The first-order chi connectivity index (χ1) is 7.26. The van der Waals surface area contributed by atoms with E-state index in [0.29, 0.717) is 18.2 Å². The summed E-state index contributed by atoms with van der Waals surface area (Å²) >= 11 is 0. The third-order valence-electron chi connectivity index (χ3n) is 2.13. The van der Waals surface area contributed by atoms with Crippen LogP contribution >= 0.6 is 0 Å². The van der Waals surface area contributed by atoms with Crippen LogP contribution in [0.5, 0.6) is 0 Å². The SMILES string of the molecule is COC[C@@H](C)NCc1cccc(C#N)c1. The Hall–Kier alpha value is -1.37. The molecule has 0 bridgehead atoms. The van der Waals surface area contributed by atoms with Gasteiger partial charge in [0.25, 0.3) is 0 Å². The monoisotopic (exact) mass is 204 g/mol. The number of ether oxygens (including phenoxy) is 1. The molecule has 0 fully saturated rings. The van der Waals surface area contributed by atoms with Crippen molar-refractivity contribution in [3.8, 4) is 6.07 Å². The number of benzene rings is 1. The molecule has 1 N–H and O–H groups in total. The molecule has 0 saturated heterocycles. The fourth-order valence-corrected chi connectivity index (χ4v) is 1.35. The Morgan fingerprint density at radius 1 is 1.53 bits per heavy atom. The van der Waals surface area contributed by atoms with Crippen LogP contribution in [0.4, 0.5) is 0 Å². The summed E-state index contributed by atoms with van der Waals surface area (Å²) in [6.45, 7) is 3.52. The summed E-state index contributed by atoms with van der Waals surface area (Å²) in [5, 5.41) is 12.0. The Morgan fingerprint density at radius 2 is 2.33 bits per heavy atom. The summed E-state index contributed by atoms with van der Waals surface area (Å²) in [6.07, 6.45) is 0. The van der Waals surface area contributed by atoms with Crippen molar-refractivity contribution in [1.29, 1.82) is 5.26 Å². The van der Waals surface area contributed by atoms with Gasteiger partial charge in [-0.25, -0.2) is 0 Å². The van der Waals surface area contributed by atoms with Gasteiger partial charge >= 0.3 is 0 Å². The molecule has 0 aliphatic rings. The average molecular weight is 204 g/mol.